The molecule has 1 saturated heterocycles. The number of hydrogen-bond donors (Lipinski definition) is 3. The molecule has 0 bridgehead atoms. The van der Waals surface area contributed by atoms with E-state index in [0.717, 1.165) is 18.5 Å². The number of rotatable bonds is 5. The van der Waals surface area contributed by atoms with Crippen LogP contribution in [-0.2, 0) is 4.79 Å². The van der Waals surface area contributed by atoms with E-state index in [2.05, 4.69) is 20.8 Å². The maximum absolute atomic E-state index is 11.8. The number of carbonyl (C=O) groups is 1. The van der Waals surface area contributed by atoms with Crippen molar-refractivity contribution in [1.82, 2.24) is 20.8 Å². The van der Waals surface area contributed by atoms with Gasteiger partial charge in [0.05, 0.1) is 12.2 Å². The van der Waals surface area contributed by atoms with Gasteiger partial charge >= 0.3 is 0 Å². The molecule has 2 rings (SSSR count). The lowest BCUT2D eigenvalue weighted by Crippen LogP contribution is -2.35. The minimum absolute atomic E-state index is 0.0237. The Bertz CT molecular complexity index is 357. The van der Waals surface area contributed by atoms with Gasteiger partial charge in [0.1, 0.15) is 0 Å². The first-order chi connectivity index (χ1) is 8.75. The molecule has 2 heterocycles. The summed E-state index contributed by atoms with van der Waals surface area (Å²) in [6, 6.07) is 0.546. The predicted molar refractivity (Wildman–Crippen MR) is 70.0 cm³/mol. The Morgan fingerprint density at radius 1 is 1.61 bits per heavy atom. The van der Waals surface area contributed by atoms with Gasteiger partial charge < -0.3 is 10.6 Å². The van der Waals surface area contributed by atoms with Crippen LogP contribution in [0.3, 0.4) is 0 Å². The Hall–Kier alpha value is -1.36. The number of carbonyl (C=O) groups excluding carboxylic acids is 1. The van der Waals surface area contributed by atoms with Crippen molar-refractivity contribution >= 4 is 5.91 Å². The van der Waals surface area contributed by atoms with Crippen LogP contribution in [-0.4, -0.2) is 28.7 Å². The van der Waals surface area contributed by atoms with E-state index in [4.69, 9.17) is 0 Å². The van der Waals surface area contributed by atoms with E-state index < -0.39 is 0 Å². The van der Waals surface area contributed by atoms with E-state index in [1.165, 1.54) is 19.3 Å². The third kappa shape index (κ3) is 3.84. The number of aromatic amines is 1. The SMILES string of the molecule is CC(NC(=O)CCC1CCCCN1)c1cn[nH]c1. The molecule has 3 N–H and O–H groups in total. The van der Waals surface area contributed by atoms with E-state index in [9.17, 15) is 4.79 Å². The third-order valence-electron chi connectivity index (χ3n) is 3.53. The molecule has 0 spiro atoms. The van der Waals surface area contributed by atoms with Crippen molar-refractivity contribution in [3.8, 4) is 0 Å². The van der Waals surface area contributed by atoms with Crippen LogP contribution < -0.4 is 10.6 Å². The molecule has 0 aliphatic carbocycles. The molecule has 1 amide bonds. The second-order valence-corrected chi connectivity index (χ2v) is 5.01. The van der Waals surface area contributed by atoms with E-state index in [0.29, 0.717) is 12.5 Å². The summed E-state index contributed by atoms with van der Waals surface area (Å²) in [7, 11) is 0. The number of piperidine rings is 1. The van der Waals surface area contributed by atoms with Gasteiger partial charge in [0.2, 0.25) is 5.91 Å². The van der Waals surface area contributed by atoms with Gasteiger partial charge in [-0.1, -0.05) is 6.42 Å². The third-order valence-corrected chi connectivity index (χ3v) is 3.53. The highest BCUT2D eigenvalue weighted by molar-refractivity contribution is 5.76. The Morgan fingerprint density at radius 2 is 2.50 bits per heavy atom. The molecular formula is C13H22N4O. The molecule has 0 radical (unpaired) electrons. The summed E-state index contributed by atoms with van der Waals surface area (Å²) < 4.78 is 0. The maximum Gasteiger partial charge on any atom is 0.220 e. The average Bonchev–Trinajstić information content (AvgIpc) is 2.91. The highest BCUT2D eigenvalue weighted by Crippen LogP contribution is 2.13. The Kier molecular flexibility index (Phi) is 4.75. The fraction of sp³-hybridized carbons (Fsp3) is 0.692. The topological polar surface area (TPSA) is 69.8 Å². The van der Waals surface area contributed by atoms with E-state index in [-0.39, 0.29) is 11.9 Å². The van der Waals surface area contributed by atoms with Gasteiger partial charge in [-0.05, 0) is 32.7 Å². The van der Waals surface area contributed by atoms with Crippen molar-refractivity contribution in [2.75, 3.05) is 6.54 Å². The van der Waals surface area contributed by atoms with Gasteiger partial charge in [0.25, 0.3) is 0 Å². The minimum Gasteiger partial charge on any atom is -0.349 e. The lowest BCUT2D eigenvalue weighted by molar-refractivity contribution is -0.122. The Labute approximate surface area is 108 Å². The molecule has 100 valence electrons. The number of nitrogens with zero attached hydrogens (tertiary/aromatic N) is 1. The van der Waals surface area contributed by atoms with Crippen LogP contribution in [0.1, 0.15) is 50.6 Å². The largest absolute Gasteiger partial charge is 0.349 e. The number of amides is 1. The van der Waals surface area contributed by atoms with Gasteiger partial charge in [-0.25, -0.2) is 0 Å². The summed E-state index contributed by atoms with van der Waals surface area (Å²) in [5.41, 5.74) is 1.01. The van der Waals surface area contributed by atoms with Gasteiger partial charge in [0, 0.05) is 24.2 Å². The zero-order valence-electron chi connectivity index (χ0n) is 10.9. The summed E-state index contributed by atoms with van der Waals surface area (Å²) in [5.74, 6) is 0.121. The van der Waals surface area contributed by atoms with Crippen LogP contribution in [0, 0.1) is 0 Å². The molecule has 1 fully saturated rings. The van der Waals surface area contributed by atoms with E-state index >= 15 is 0 Å². The van der Waals surface area contributed by atoms with Crippen molar-refractivity contribution < 1.29 is 4.79 Å². The molecule has 2 atom stereocenters. The van der Waals surface area contributed by atoms with Crippen LogP contribution in [0.2, 0.25) is 0 Å². The van der Waals surface area contributed by atoms with E-state index in [1.54, 1.807) is 6.20 Å². The minimum atomic E-state index is 0.0237. The second kappa shape index (κ2) is 6.54. The summed E-state index contributed by atoms with van der Waals surface area (Å²) in [4.78, 5) is 11.8. The molecule has 1 aromatic rings. The van der Waals surface area contributed by atoms with Gasteiger partial charge in [0.15, 0.2) is 0 Å². The standard InChI is InChI=1S/C13H22N4O/c1-10(11-8-15-16-9-11)17-13(18)6-5-12-4-2-3-7-14-12/h8-10,12,14H,2-7H2,1H3,(H,15,16)(H,17,18). The van der Waals surface area contributed by atoms with Crippen LogP contribution in [0.15, 0.2) is 12.4 Å². The Balaban J connectivity index is 1.68. The number of H-pyrrole nitrogens is 1. The monoisotopic (exact) mass is 250 g/mol. The lowest BCUT2D eigenvalue weighted by atomic mass is 10.0. The first-order valence-corrected chi connectivity index (χ1v) is 6.77. The highest BCUT2D eigenvalue weighted by atomic mass is 16.1. The van der Waals surface area contributed by atoms with Crippen molar-refractivity contribution in [3.05, 3.63) is 18.0 Å². The molecule has 5 heteroatoms. The molecule has 5 nitrogen and oxygen atoms in total. The molecular weight excluding hydrogens is 228 g/mol. The van der Waals surface area contributed by atoms with Crippen LogP contribution in [0.25, 0.3) is 0 Å². The lowest BCUT2D eigenvalue weighted by Gasteiger charge is -2.23. The van der Waals surface area contributed by atoms with Gasteiger partial charge in [-0.3, -0.25) is 9.89 Å². The van der Waals surface area contributed by atoms with Crippen molar-refractivity contribution in [2.24, 2.45) is 0 Å². The van der Waals surface area contributed by atoms with Gasteiger partial charge in [-0.15, -0.1) is 0 Å². The van der Waals surface area contributed by atoms with Gasteiger partial charge in [-0.2, -0.15) is 5.10 Å². The highest BCUT2D eigenvalue weighted by Gasteiger charge is 2.15. The van der Waals surface area contributed by atoms with Crippen molar-refractivity contribution in [3.63, 3.8) is 0 Å². The fourth-order valence-electron chi connectivity index (χ4n) is 2.37. The molecule has 0 saturated carbocycles. The van der Waals surface area contributed by atoms with Crippen LogP contribution in [0.4, 0.5) is 0 Å². The summed E-state index contributed by atoms with van der Waals surface area (Å²) in [6.07, 6.45) is 8.83. The molecule has 2 unspecified atom stereocenters. The summed E-state index contributed by atoms with van der Waals surface area (Å²) in [5, 5.41) is 13.1. The number of hydrogen-bond acceptors (Lipinski definition) is 3. The first kappa shape index (κ1) is 13.1. The molecule has 1 aliphatic heterocycles. The smallest absolute Gasteiger partial charge is 0.220 e. The maximum atomic E-state index is 11.8. The molecule has 0 aromatic carbocycles. The summed E-state index contributed by atoms with van der Waals surface area (Å²) >= 11 is 0. The quantitative estimate of drug-likeness (QED) is 0.742. The second-order valence-electron chi connectivity index (χ2n) is 5.01. The molecule has 18 heavy (non-hydrogen) atoms. The van der Waals surface area contributed by atoms with Crippen LogP contribution in [0.5, 0.6) is 0 Å². The van der Waals surface area contributed by atoms with Crippen molar-refractivity contribution in [1.29, 1.82) is 0 Å². The van der Waals surface area contributed by atoms with E-state index in [1.807, 2.05) is 13.1 Å². The summed E-state index contributed by atoms with van der Waals surface area (Å²) in [6.45, 7) is 3.07. The predicted octanol–water partition coefficient (Wildman–Crippen LogP) is 1.51. The van der Waals surface area contributed by atoms with Crippen LogP contribution >= 0.6 is 0 Å². The van der Waals surface area contributed by atoms with Crippen molar-refractivity contribution in [2.45, 2.75) is 51.1 Å². The fourth-order valence-corrected chi connectivity index (χ4v) is 2.37. The Morgan fingerprint density at radius 3 is 3.17 bits per heavy atom. The molecule has 1 aromatic heterocycles. The normalized spacial score (nSPS) is 21.5. The number of aromatic nitrogens is 2. The molecule has 1 aliphatic rings. The number of nitrogens with one attached hydrogen (secondary N) is 3. The average molecular weight is 250 g/mol. The zero-order chi connectivity index (χ0) is 12.8. The zero-order valence-corrected chi connectivity index (χ0v) is 10.9. The first-order valence-electron chi connectivity index (χ1n) is 6.77.